The largest absolute Gasteiger partial charge is 0.324 e. The number of rotatable bonds is 5. The second kappa shape index (κ2) is 9.11. The Labute approximate surface area is 180 Å². The number of benzene rings is 1. The molecule has 0 unspecified atom stereocenters. The minimum Gasteiger partial charge on any atom is -0.324 e. The van der Waals surface area contributed by atoms with E-state index in [0.717, 1.165) is 30.7 Å². The first-order valence-corrected chi connectivity index (χ1v) is 10.4. The number of aromatic nitrogens is 4. The predicted octanol–water partition coefficient (Wildman–Crippen LogP) is 4.19. The van der Waals surface area contributed by atoms with E-state index in [4.69, 9.17) is 0 Å². The van der Waals surface area contributed by atoms with Gasteiger partial charge >= 0.3 is 6.03 Å². The normalized spacial score (nSPS) is 16.2. The van der Waals surface area contributed by atoms with E-state index in [9.17, 15) is 9.18 Å². The van der Waals surface area contributed by atoms with Gasteiger partial charge in [-0.05, 0) is 63.3 Å². The molecule has 1 fully saturated rings. The highest BCUT2D eigenvalue weighted by atomic mass is 19.1. The summed E-state index contributed by atoms with van der Waals surface area (Å²) in [7, 11) is 0. The van der Waals surface area contributed by atoms with Gasteiger partial charge in [0.05, 0.1) is 0 Å². The number of aromatic amines is 1. The third-order valence-corrected chi connectivity index (χ3v) is 5.25. The molecule has 4 rings (SSSR count). The van der Waals surface area contributed by atoms with Crippen LogP contribution in [0.4, 0.5) is 26.5 Å². The lowest BCUT2D eigenvalue weighted by molar-refractivity contribution is 0.177. The van der Waals surface area contributed by atoms with E-state index in [1.165, 1.54) is 12.1 Å². The van der Waals surface area contributed by atoms with Gasteiger partial charge in [-0.1, -0.05) is 0 Å². The minimum atomic E-state index is -0.326. The van der Waals surface area contributed by atoms with Gasteiger partial charge in [0.25, 0.3) is 0 Å². The van der Waals surface area contributed by atoms with Gasteiger partial charge in [-0.2, -0.15) is 5.10 Å². The Bertz CT molecular complexity index is 1050. The van der Waals surface area contributed by atoms with E-state index in [-0.39, 0.29) is 11.8 Å². The highest BCUT2D eigenvalue weighted by Gasteiger charge is 2.24. The quantitative estimate of drug-likeness (QED) is 0.572. The molecular formula is C22H26FN7O. The van der Waals surface area contributed by atoms with Gasteiger partial charge in [0, 0.05) is 42.3 Å². The fourth-order valence-corrected chi connectivity index (χ4v) is 3.86. The van der Waals surface area contributed by atoms with Crippen LogP contribution in [0.5, 0.6) is 0 Å². The number of carbonyl (C=O) groups excluding carboxylic acids is 1. The molecule has 1 aromatic carbocycles. The van der Waals surface area contributed by atoms with Gasteiger partial charge in [-0.3, -0.25) is 5.10 Å². The smallest absolute Gasteiger partial charge is 0.321 e. The molecule has 1 aliphatic rings. The monoisotopic (exact) mass is 423 g/mol. The summed E-state index contributed by atoms with van der Waals surface area (Å²) < 4.78 is 13.1. The molecule has 1 saturated heterocycles. The first-order valence-electron chi connectivity index (χ1n) is 10.4. The highest BCUT2D eigenvalue weighted by Crippen LogP contribution is 2.23. The summed E-state index contributed by atoms with van der Waals surface area (Å²) in [5.41, 5.74) is 2.49. The predicted molar refractivity (Wildman–Crippen MR) is 117 cm³/mol. The van der Waals surface area contributed by atoms with Crippen molar-refractivity contribution in [2.75, 3.05) is 23.7 Å². The average molecular weight is 423 g/mol. The zero-order chi connectivity index (χ0) is 21.8. The number of nitrogens with one attached hydrogen (secondary N) is 3. The maximum absolute atomic E-state index is 13.1. The molecule has 3 heterocycles. The number of urea groups is 1. The molecule has 1 atom stereocenters. The fourth-order valence-electron chi connectivity index (χ4n) is 3.86. The highest BCUT2D eigenvalue weighted by molar-refractivity contribution is 5.89. The Balaban J connectivity index is 1.38. The van der Waals surface area contributed by atoms with E-state index in [1.54, 1.807) is 12.1 Å². The topological polar surface area (TPSA) is 98.8 Å². The summed E-state index contributed by atoms with van der Waals surface area (Å²) in [4.78, 5) is 23.5. The van der Waals surface area contributed by atoms with Gasteiger partial charge in [0.2, 0.25) is 0 Å². The van der Waals surface area contributed by atoms with Crippen molar-refractivity contribution in [1.29, 1.82) is 0 Å². The molecule has 8 nitrogen and oxygen atoms in total. The zero-order valence-corrected chi connectivity index (χ0v) is 17.7. The molecule has 2 aromatic heterocycles. The molecular weight excluding hydrogens is 397 g/mol. The number of halogens is 1. The van der Waals surface area contributed by atoms with Crippen molar-refractivity contribution >= 4 is 23.4 Å². The van der Waals surface area contributed by atoms with Crippen LogP contribution >= 0.6 is 0 Å². The van der Waals surface area contributed by atoms with Crippen LogP contribution in [0.15, 0.2) is 36.4 Å². The van der Waals surface area contributed by atoms with Crippen molar-refractivity contribution in [1.82, 2.24) is 25.1 Å². The lowest BCUT2D eigenvalue weighted by Crippen LogP contribution is -2.42. The third kappa shape index (κ3) is 5.56. The van der Waals surface area contributed by atoms with Crippen molar-refractivity contribution in [3.05, 3.63) is 59.4 Å². The van der Waals surface area contributed by atoms with E-state index in [0.29, 0.717) is 42.2 Å². The number of hydrogen-bond acceptors (Lipinski definition) is 5. The van der Waals surface area contributed by atoms with Crippen molar-refractivity contribution in [3.8, 4) is 0 Å². The fraction of sp³-hybridized carbons (Fsp3) is 0.364. The molecule has 3 N–H and O–H groups in total. The molecule has 9 heteroatoms. The van der Waals surface area contributed by atoms with Crippen LogP contribution in [0.25, 0.3) is 0 Å². The summed E-state index contributed by atoms with van der Waals surface area (Å²) in [5, 5.41) is 13.1. The van der Waals surface area contributed by atoms with Crippen LogP contribution < -0.4 is 10.6 Å². The summed E-state index contributed by atoms with van der Waals surface area (Å²) in [6.45, 7) is 5.17. The number of nitrogens with zero attached hydrogens (tertiary/aromatic N) is 4. The molecule has 0 aliphatic carbocycles. The SMILES string of the molecule is Cc1nc(C[C@@H]2CCCN(C(=O)Nc3ccc(F)cc3)C2)cc(Nc2cc(C)[nH]n2)n1. The maximum Gasteiger partial charge on any atom is 0.321 e. The Hall–Kier alpha value is -3.49. The molecule has 31 heavy (non-hydrogen) atoms. The standard InChI is InChI=1S/C22H26FN7O/c1-14-10-21(29-28-14)27-20-12-19(24-15(2)25-20)11-16-4-3-9-30(13-16)22(31)26-18-7-5-17(23)6-8-18/h5-8,10,12,16H,3-4,9,11,13H2,1-2H3,(H,26,31)(H2,24,25,27,28,29)/t16-/m0/s1. The van der Waals surface area contributed by atoms with E-state index >= 15 is 0 Å². The number of aryl methyl sites for hydroxylation is 2. The second-order valence-corrected chi connectivity index (χ2v) is 7.95. The first kappa shape index (κ1) is 20.8. The number of piperidine rings is 1. The summed E-state index contributed by atoms with van der Waals surface area (Å²) in [6, 6.07) is 9.49. The van der Waals surface area contributed by atoms with Crippen molar-refractivity contribution in [2.24, 2.45) is 5.92 Å². The maximum atomic E-state index is 13.1. The first-order chi connectivity index (χ1) is 14.9. The van der Waals surface area contributed by atoms with Crippen molar-refractivity contribution < 1.29 is 9.18 Å². The van der Waals surface area contributed by atoms with Gasteiger partial charge in [0.1, 0.15) is 17.5 Å². The zero-order valence-electron chi connectivity index (χ0n) is 17.7. The van der Waals surface area contributed by atoms with Crippen LogP contribution in [-0.4, -0.2) is 44.2 Å². The minimum absolute atomic E-state index is 0.161. The Morgan fingerprint density at radius 1 is 1.19 bits per heavy atom. The van der Waals surface area contributed by atoms with Gasteiger partial charge in [-0.15, -0.1) is 0 Å². The Kier molecular flexibility index (Phi) is 6.11. The van der Waals surface area contributed by atoms with Crippen molar-refractivity contribution in [2.45, 2.75) is 33.1 Å². The van der Waals surface area contributed by atoms with Gasteiger partial charge in [0.15, 0.2) is 5.82 Å². The molecule has 0 spiro atoms. The van der Waals surface area contributed by atoms with Gasteiger partial charge < -0.3 is 15.5 Å². The lowest BCUT2D eigenvalue weighted by atomic mass is 9.93. The van der Waals surface area contributed by atoms with Crippen LogP contribution in [0.2, 0.25) is 0 Å². The lowest BCUT2D eigenvalue weighted by Gasteiger charge is -2.32. The molecule has 162 valence electrons. The number of amides is 2. The molecule has 0 radical (unpaired) electrons. The second-order valence-electron chi connectivity index (χ2n) is 7.95. The average Bonchev–Trinajstić information content (AvgIpc) is 3.14. The molecule has 2 amide bonds. The Morgan fingerprint density at radius 2 is 2.00 bits per heavy atom. The van der Waals surface area contributed by atoms with Crippen LogP contribution in [0, 0.1) is 25.6 Å². The van der Waals surface area contributed by atoms with Crippen LogP contribution in [0.3, 0.4) is 0 Å². The molecule has 0 saturated carbocycles. The van der Waals surface area contributed by atoms with Crippen LogP contribution in [-0.2, 0) is 6.42 Å². The molecule has 0 bridgehead atoms. The molecule has 3 aromatic rings. The van der Waals surface area contributed by atoms with E-state index in [1.807, 2.05) is 30.9 Å². The summed E-state index contributed by atoms with van der Waals surface area (Å²) >= 11 is 0. The van der Waals surface area contributed by atoms with Crippen LogP contribution in [0.1, 0.15) is 30.1 Å². The molecule has 1 aliphatic heterocycles. The summed E-state index contributed by atoms with van der Waals surface area (Å²) in [6.07, 6.45) is 2.73. The number of hydrogen-bond donors (Lipinski definition) is 3. The van der Waals surface area contributed by atoms with Crippen molar-refractivity contribution in [3.63, 3.8) is 0 Å². The number of anilines is 3. The third-order valence-electron chi connectivity index (χ3n) is 5.25. The number of H-pyrrole nitrogens is 1. The van der Waals surface area contributed by atoms with E-state index < -0.39 is 0 Å². The summed E-state index contributed by atoms with van der Waals surface area (Å²) in [5.74, 6) is 2.09. The van der Waals surface area contributed by atoms with E-state index in [2.05, 4.69) is 30.8 Å². The Morgan fingerprint density at radius 3 is 2.74 bits per heavy atom. The number of carbonyl (C=O) groups is 1. The number of likely N-dealkylation sites (tertiary alicyclic amines) is 1. The van der Waals surface area contributed by atoms with Gasteiger partial charge in [-0.25, -0.2) is 19.2 Å².